The summed E-state index contributed by atoms with van der Waals surface area (Å²) in [5.41, 5.74) is 4.66. The van der Waals surface area contributed by atoms with Gasteiger partial charge in [-0.2, -0.15) is 0 Å². The van der Waals surface area contributed by atoms with Gasteiger partial charge < -0.3 is 4.74 Å². The Morgan fingerprint density at radius 2 is 1.87 bits per heavy atom. The quantitative estimate of drug-likeness (QED) is 0.709. The molecule has 0 amide bonds. The zero-order valence-corrected chi connectivity index (χ0v) is 14.4. The van der Waals surface area contributed by atoms with Crippen LogP contribution in [0, 0.1) is 18.3 Å². The number of benzene rings is 2. The van der Waals surface area contributed by atoms with Crippen molar-refractivity contribution in [3.05, 3.63) is 65.2 Å². The van der Waals surface area contributed by atoms with E-state index >= 15 is 0 Å². The second-order valence-electron chi connectivity index (χ2n) is 7.96. The lowest BCUT2D eigenvalue weighted by atomic mass is 9.70. The first-order chi connectivity index (χ1) is 11.0. The molecule has 2 aromatic carbocycles. The van der Waals surface area contributed by atoms with Gasteiger partial charge in [0.15, 0.2) is 0 Å². The molecule has 0 radical (unpaired) electrons. The molecule has 1 nitrogen and oxygen atoms in total. The van der Waals surface area contributed by atoms with E-state index in [1.807, 2.05) is 0 Å². The van der Waals surface area contributed by atoms with E-state index in [0.29, 0.717) is 12.0 Å². The average Bonchev–Trinajstić information content (AvgIpc) is 3.17. The fourth-order valence-electron chi connectivity index (χ4n) is 4.68. The first-order valence-electron chi connectivity index (χ1n) is 8.81. The van der Waals surface area contributed by atoms with Gasteiger partial charge >= 0.3 is 0 Å². The summed E-state index contributed by atoms with van der Waals surface area (Å²) < 4.78 is 6.29. The molecule has 0 aromatic heterocycles. The second-order valence-corrected chi connectivity index (χ2v) is 7.96. The molecule has 0 unspecified atom stereocenters. The van der Waals surface area contributed by atoms with Crippen LogP contribution in [0.5, 0.6) is 5.75 Å². The fourth-order valence-corrected chi connectivity index (χ4v) is 4.68. The van der Waals surface area contributed by atoms with Crippen molar-refractivity contribution in [2.75, 3.05) is 0 Å². The molecule has 0 aliphatic heterocycles. The monoisotopic (exact) mass is 306 g/mol. The minimum Gasteiger partial charge on any atom is -0.489 e. The zero-order chi connectivity index (χ0) is 16.1. The van der Waals surface area contributed by atoms with E-state index in [9.17, 15) is 0 Å². The van der Waals surface area contributed by atoms with Gasteiger partial charge in [-0.1, -0.05) is 56.3 Å². The number of hydrogen-bond donors (Lipinski definition) is 0. The molecule has 3 atom stereocenters. The molecule has 2 saturated carbocycles. The largest absolute Gasteiger partial charge is 0.489 e. The predicted molar refractivity (Wildman–Crippen MR) is 94.8 cm³/mol. The molecule has 0 N–H and O–H groups in total. The molecule has 1 heteroatoms. The maximum Gasteiger partial charge on any atom is 0.123 e. The summed E-state index contributed by atoms with van der Waals surface area (Å²) in [5.74, 6) is 2.01. The molecule has 4 rings (SSSR count). The Kier molecular flexibility index (Phi) is 3.30. The molecule has 2 aromatic rings. The average molecular weight is 306 g/mol. The Hall–Kier alpha value is -1.76. The van der Waals surface area contributed by atoms with E-state index in [-0.39, 0.29) is 5.41 Å². The zero-order valence-electron chi connectivity index (χ0n) is 14.4. The summed E-state index contributed by atoms with van der Waals surface area (Å²) in [6.45, 7) is 7.73. The lowest BCUT2D eigenvalue weighted by Crippen LogP contribution is -2.29. The summed E-state index contributed by atoms with van der Waals surface area (Å²) in [6.07, 6.45) is 4.05. The van der Waals surface area contributed by atoms with Crippen LogP contribution in [0.15, 0.2) is 48.5 Å². The van der Waals surface area contributed by atoms with Crippen molar-refractivity contribution in [1.29, 1.82) is 0 Å². The van der Waals surface area contributed by atoms with Crippen LogP contribution in [0.25, 0.3) is 0 Å². The Bertz CT molecular complexity index is 718. The normalized spacial score (nSPS) is 31.7. The Labute approximate surface area is 139 Å². The summed E-state index contributed by atoms with van der Waals surface area (Å²) in [4.78, 5) is 0. The van der Waals surface area contributed by atoms with E-state index in [1.165, 1.54) is 36.0 Å². The highest BCUT2D eigenvalue weighted by molar-refractivity contribution is 5.46. The van der Waals surface area contributed by atoms with E-state index < -0.39 is 0 Å². The highest BCUT2D eigenvalue weighted by Crippen LogP contribution is 2.73. The maximum atomic E-state index is 6.29. The van der Waals surface area contributed by atoms with Gasteiger partial charge in [-0.05, 0) is 54.7 Å². The summed E-state index contributed by atoms with van der Waals surface area (Å²) >= 11 is 0. The van der Waals surface area contributed by atoms with Crippen LogP contribution in [-0.2, 0) is 12.0 Å². The molecule has 23 heavy (non-hydrogen) atoms. The van der Waals surface area contributed by atoms with E-state index in [2.05, 4.69) is 69.3 Å². The van der Waals surface area contributed by atoms with Crippen molar-refractivity contribution in [3.8, 4) is 5.75 Å². The molecular weight excluding hydrogens is 280 g/mol. The van der Waals surface area contributed by atoms with Crippen LogP contribution >= 0.6 is 0 Å². The molecule has 0 spiro atoms. The maximum absolute atomic E-state index is 6.29. The lowest BCUT2D eigenvalue weighted by molar-refractivity contribution is 0.266. The van der Waals surface area contributed by atoms with Gasteiger partial charge in [0.2, 0.25) is 0 Å². The Morgan fingerprint density at radius 1 is 1.09 bits per heavy atom. The van der Waals surface area contributed by atoms with Crippen LogP contribution < -0.4 is 4.74 Å². The third-order valence-electron chi connectivity index (χ3n) is 6.63. The van der Waals surface area contributed by atoms with E-state index in [1.54, 1.807) is 0 Å². The highest BCUT2D eigenvalue weighted by atomic mass is 16.5. The van der Waals surface area contributed by atoms with Gasteiger partial charge in [0.25, 0.3) is 0 Å². The topological polar surface area (TPSA) is 9.23 Å². The van der Waals surface area contributed by atoms with E-state index in [0.717, 1.165) is 11.7 Å². The third-order valence-corrected chi connectivity index (χ3v) is 6.63. The first-order valence-corrected chi connectivity index (χ1v) is 8.81. The number of hydrogen-bond acceptors (Lipinski definition) is 1. The number of ether oxygens (including phenoxy) is 1. The van der Waals surface area contributed by atoms with Crippen molar-refractivity contribution < 1.29 is 4.74 Å². The molecule has 0 bridgehead atoms. The second kappa shape index (κ2) is 5.12. The van der Waals surface area contributed by atoms with Gasteiger partial charge in [0.05, 0.1) is 0 Å². The number of rotatable bonds is 4. The summed E-state index contributed by atoms with van der Waals surface area (Å²) in [6, 6.07) is 17.2. The molecule has 0 saturated heterocycles. The highest BCUT2D eigenvalue weighted by Gasteiger charge is 2.66. The summed E-state index contributed by atoms with van der Waals surface area (Å²) in [5, 5.41) is 0. The fraction of sp³-hybridized carbons (Fsp3) is 0.455. The minimum absolute atomic E-state index is 0.261. The summed E-state index contributed by atoms with van der Waals surface area (Å²) in [7, 11) is 0. The van der Waals surface area contributed by atoms with Crippen molar-refractivity contribution in [3.63, 3.8) is 0 Å². The van der Waals surface area contributed by atoms with Crippen LogP contribution in [0.1, 0.15) is 49.8 Å². The van der Waals surface area contributed by atoms with Crippen molar-refractivity contribution >= 4 is 0 Å². The molecule has 0 heterocycles. The smallest absolute Gasteiger partial charge is 0.123 e. The van der Waals surface area contributed by atoms with Crippen LogP contribution in [0.4, 0.5) is 0 Å². The van der Waals surface area contributed by atoms with Gasteiger partial charge in [-0.3, -0.25) is 0 Å². The van der Waals surface area contributed by atoms with Crippen molar-refractivity contribution in [2.24, 2.45) is 11.3 Å². The molecule has 2 aliphatic rings. The van der Waals surface area contributed by atoms with Crippen LogP contribution in [-0.4, -0.2) is 0 Å². The third kappa shape index (κ3) is 2.29. The van der Waals surface area contributed by atoms with E-state index in [4.69, 9.17) is 4.74 Å². The standard InChI is InChI=1S/C22H26O/c1-16-9-10-19(21(2)12-11-18-14-22(18,21)3)20(13-16)23-15-17-7-5-4-6-8-17/h4-10,13,18H,11-12,14-15H2,1-3H3/t18-,21+,22+/m1/s1. The lowest BCUT2D eigenvalue weighted by Gasteiger charge is -2.35. The molecule has 120 valence electrons. The Morgan fingerprint density at radius 3 is 2.52 bits per heavy atom. The number of fused-ring (bicyclic) bond motifs is 1. The van der Waals surface area contributed by atoms with Gasteiger partial charge in [0.1, 0.15) is 12.4 Å². The molecule has 2 aliphatic carbocycles. The van der Waals surface area contributed by atoms with Crippen LogP contribution in [0.3, 0.4) is 0 Å². The van der Waals surface area contributed by atoms with Gasteiger partial charge in [0, 0.05) is 11.0 Å². The van der Waals surface area contributed by atoms with Crippen molar-refractivity contribution in [2.45, 2.75) is 52.1 Å². The first kappa shape index (κ1) is 14.8. The Balaban J connectivity index is 1.65. The molecular formula is C22H26O. The van der Waals surface area contributed by atoms with Gasteiger partial charge in [-0.25, -0.2) is 0 Å². The predicted octanol–water partition coefficient (Wildman–Crippen LogP) is 5.65. The molecule has 2 fully saturated rings. The number of aryl methyl sites for hydroxylation is 1. The van der Waals surface area contributed by atoms with Crippen LogP contribution in [0.2, 0.25) is 0 Å². The van der Waals surface area contributed by atoms with Gasteiger partial charge in [-0.15, -0.1) is 0 Å². The van der Waals surface area contributed by atoms with Crippen molar-refractivity contribution in [1.82, 2.24) is 0 Å². The SMILES string of the molecule is Cc1ccc([C@]2(C)CC[C@@H]3C[C@@]32C)c(OCc2ccccc2)c1. The minimum atomic E-state index is 0.261.